The van der Waals surface area contributed by atoms with E-state index in [0.717, 1.165) is 0 Å². The van der Waals surface area contributed by atoms with E-state index >= 15 is 0 Å². The molecule has 0 fully saturated rings. The van der Waals surface area contributed by atoms with Crippen LogP contribution in [0, 0.1) is 11.3 Å². The standard InChI is InChI=1S/C11H20O2.Zn/c1-8(2)6-9(12)7-10(13)11(3,4)5;/h8H,6-7H2,1-5H3;. The third kappa shape index (κ3) is 7.37. The van der Waals surface area contributed by atoms with E-state index in [9.17, 15) is 9.59 Å². The summed E-state index contributed by atoms with van der Waals surface area (Å²) < 4.78 is 0. The molecular formula is C11H20O2Zn. The van der Waals surface area contributed by atoms with Crippen LogP contribution >= 0.6 is 0 Å². The fraction of sp³-hybridized carbons (Fsp3) is 0.818. The summed E-state index contributed by atoms with van der Waals surface area (Å²) in [6, 6.07) is 0. The van der Waals surface area contributed by atoms with Gasteiger partial charge in [-0.2, -0.15) is 0 Å². The van der Waals surface area contributed by atoms with Gasteiger partial charge in [0.2, 0.25) is 0 Å². The van der Waals surface area contributed by atoms with Crippen LogP contribution in [0.25, 0.3) is 0 Å². The van der Waals surface area contributed by atoms with Gasteiger partial charge in [0, 0.05) is 31.3 Å². The van der Waals surface area contributed by atoms with Crippen molar-refractivity contribution in [2.45, 2.75) is 47.5 Å². The molecule has 0 atom stereocenters. The molecule has 0 aliphatic rings. The van der Waals surface area contributed by atoms with Crippen molar-refractivity contribution >= 4 is 11.6 Å². The van der Waals surface area contributed by atoms with E-state index in [1.54, 1.807) is 0 Å². The van der Waals surface area contributed by atoms with Gasteiger partial charge >= 0.3 is 0 Å². The molecule has 0 amide bonds. The number of ketones is 2. The van der Waals surface area contributed by atoms with Gasteiger partial charge in [0.1, 0.15) is 11.6 Å². The number of rotatable bonds is 4. The average molecular weight is 250 g/mol. The van der Waals surface area contributed by atoms with E-state index in [0.29, 0.717) is 12.3 Å². The molecule has 0 spiro atoms. The molecule has 0 aliphatic carbocycles. The Morgan fingerprint density at radius 3 is 1.86 bits per heavy atom. The number of hydrogen-bond donors (Lipinski definition) is 0. The first-order chi connectivity index (χ1) is 5.73. The van der Waals surface area contributed by atoms with Crippen LogP contribution < -0.4 is 0 Å². The Morgan fingerprint density at radius 2 is 1.57 bits per heavy atom. The largest absolute Gasteiger partial charge is 0.299 e. The van der Waals surface area contributed by atoms with E-state index in [2.05, 4.69) is 0 Å². The van der Waals surface area contributed by atoms with Crippen LogP contribution in [0.5, 0.6) is 0 Å². The minimum atomic E-state index is -0.382. The second kappa shape index (κ2) is 6.45. The Labute approximate surface area is 99.6 Å². The maximum Gasteiger partial charge on any atom is 0.145 e. The molecular weight excluding hydrogens is 230 g/mol. The molecule has 0 saturated heterocycles. The Bertz CT molecular complexity index is 202. The normalized spacial score (nSPS) is 11.0. The number of hydrogen-bond acceptors (Lipinski definition) is 2. The zero-order valence-corrected chi connectivity index (χ0v) is 13.0. The predicted octanol–water partition coefficient (Wildman–Crippen LogP) is 2.60. The number of carbonyl (C=O) groups excluding carboxylic acids is 2. The fourth-order valence-electron chi connectivity index (χ4n) is 0.972. The monoisotopic (exact) mass is 248 g/mol. The van der Waals surface area contributed by atoms with Crippen molar-refractivity contribution in [2.75, 3.05) is 0 Å². The Kier molecular flexibility index (Phi) is 7.55. The summed E-state index contributed by atoms with van der Waals surface area (Å²) in [5.41, 5.74) is -0.382. The molecule has 78 valence electrons. The Balaban J connectivity index is 0. The van der Waals surface area contributed by atoms with Crippen LogP contribution in [0.3, 0.4) is 0 Å². The van der Waals surface area contributed by atoms with Gasteiger partial charge in [-0.3, -0.25) is 9.59 Å². The maximum absolute atomic E-state index is 11.4. The molecule has 14 heavy (non-hydrogen) atoms. The molecule has 0 aromatic carbocycles. The first-order valence-electron chi connectivity index (χ1n) is 4.78. The maximum atomic E-state index is 11.4. The first-order valence-corrected chi connectivity index (χ1v) is 4.78. The van der Waals surface area contributed by atoms with Gasteiger partial charge in [-0.15, -0.1) is 0 Å². The van der Waals surface area contributed by atoms with E-state index in [1.807, 2.05) is 34.6 Å². The molecule has 0 heterocycles. The van der Waals surface area contributed by atoms with Crippen LogP contribution in [0.1, 0.15) is 47.5 Å². The van der Waals surface area contributed by atoms with Crippen LogP contribution in [-0.4, -0.2) is 11.6 Å². The molecule has 0 aromatic heterocycles. The van der Waals surface area contributed by atoms with Gasteiger partial charge < -0.3 is 0 Å². The van der Waals surface area contributed by atoms with Crippen molar-refractivity contribution in [3.63, 3.8) is 0 Å². The summed E-state index contributed by atoms with van der Waals surface area (Å²) in [7, 11) is 0. The van der Waals surface area contributed by atoms with Gasteiger partial charge in [0.15, 0.2) is 0 Å². The van der Waals surface area contributed by atoms with E-state index in [4.69, 9.17) is 0 Å². The van der Waals surface area contributed by atoms with Gasteiger partial charge in [-0.1, -0.05) is 34.6 Å². The van der Waals surface area contributed by atoms with Crippen molar-refractivity contribution in [3.8, 4) is 0 Å². The van der Waals surface area contributed by atoms with Crippen molar-refractivity contribution in [2.24, 2.45) is 11.3 Å². The average Bonchev–Trinajstić information content (AvgIpc) is 1.82. The van der Waals surface area contributed by atoms with Crippen LogP contribution in [0.2, 0.25) is 0 Å². The van der Waals surface area contributed by atoms with Gasteiger partial charge in [0.25, 0.3) is 0 Å². The van der Waals surface area contributed by atoms with E-state index in [-0.39, 0.29) is 42.9 Å². The molecule has 0 aliphatic heterocycles. The molecule has 0 rings (SSSR count). The molecule has 0 saturated carbocycles. The van der Waals surface area contributed by atoms with E-state index in [1.165, 1.54) is 0 Å². The molecule has 0 radical (unpaired) electrons. The zero-order chi connectivity index (χ0) is 10.6. The minimum Gasteiger partial charge on any atom is -0.299 e. The SMILES string of the molecule is CC(C)CC(=O)CC(=O)C(C)(C)C.[Zn]. The molecule has 0 N–H and O–H groups in total. The quantitative estimate of drug-likeness (QED) is 0.567. The first kappa shape index (κ1) is 16.4. The summed E-state index contributed by atoms with van der Waals surface area (Å²) in [5.74, 6) is 0.452. The zero-order valence-electron chi connectivity index (χ0n) is 10.0. The molecule has 0 aromatic rings. The van der Waals surface area contributed by atoms with Gasteiger partial charge in [-0.05, 0) is 5.92 Å². The third-order valence-corrected chi connectivity index (χ3v) is 1.83. The Hall–Kier alpha value is -0.0366. The Morgan fingerprint density at radius 1 is 1.14 bits per heavy atom. The van der Waals surface area contributed by atoms with Crippen LogP contribution in [0.15, 0.2) is 0 Å². The van der Waals surface area contributed by atoms with Crippen LogP contribution in [0.4, 0.5) is 0 Å². The summed E-state index contributed by atoms with van der Waals surface area (Å²) in [4.78, 5) is 22.7. The van der Waals surface area contributed by atoms with Gasteiger partial charge in [0.05, 0.1) is 6.42 Å². The minimum absolute atomic E-state index is 0. The smallest absolute Gasteiger partial charge is 0.145 e. The topological polar surface area (TPSA) is 34.1 Å². The number of carbonyl (C=O) groups is 2. The van der Waals surface area contributed by atoms with Gasteiger partial charge in [-0.25, -0.2) is 0 Å². The summed E-state index contributed by atoms with van der Waals surface area (Å²) in [6.07, 6.45) is 0.615. The van der Waals surface area contributed by atoms with Crippen LogP contribution in [-0.2, 0) is 29.1 Å². The molecule has 3 heteroatoms. The fourth-order valence-corrected chi connectivity index (χ4v) is 0.972. The predicted molar refractivity (Wildman–Crippen MR) is 53.5 cm³/mol. The summed E-state index contributed by atoms with van der Waals surface area (Å²) >= 11 is 0. The molecule has 2 nitrogen and oxygen atoms in total. The van der Waals surface area contributed by atoms with Crippen molar-refractivity contribution < 1.29 is 29.1 Å². The number of Topliss-reactive ketones (excluding diaryl/α,β-unsaturated/α-hetero) is 2. The third-order valence-electron chi connectivity index (χ3n) is 1.83. The summed E-state index contributed by atoms with van der Waals surface area (Å²) in [6.45, 7) is 9.51. The summed E-state index contributed by atoms with van der Waals surface area (Å²) in [5, 5.41) is 0. The molecule has 0 unspecified atom stereocenters. The van der Waals surface area contributed by atoms with E-state index < -0.39 is 0 Å². The second-order valence-corrected chi connectivity index (χ2v) is 4.99. The second-order valence-electron chi connectivity index (χ2n) is 4.99. The van der Waals surface area contributed by atoms with Crippen molar-refractivity contribution in [1.82, 2.24) is 0 Å². The molecule has 0 bridgehead atoms. The van der Waals surface area contributed by atoms with Crippen molar-refractivity contribution in [3.05, 3.63) is 0 Å². The van der Waals surface area contributed by atoms with Crippen molar-refractivity contribution in [1.29, 1.82) is 0 Å².